The number of hydrogen-bond acceptors (Lipinski definition) is 4. The molecule has 5 aromatic rings. The van der Waals surface area contributed by atoms with Gasteiger partial charge in [0.15, 0.2) is 0 Å². The van der Waals surface area contributed by atoms with Crippen molar-refractivity contribution in [3.8, 4) is 17.0 Å². The van der Waals surface area contributed by atoms with E-state index in [4.69, 9.17) is 16.3 Å². The first kappa shape index (κ1) is 25.0. The Morgan fingerprint density at radius 1 is 0.895 bits per heavy atom. The number of ether oxygens (including phenoxy) is 1. The second kappa shape index (κ2) is 11.2. The predicted molar refractivity (Wildman–Crippen MR) is 145 cm³/mol. The van der Waals surface area contributed by atoms with E-state index in [0.717, 1.165) is 22.4 Å². The number of hydrogen-bond donors (Lipinski definition) is 2. The van der Waals surface area contributed by atoms with Gasteiger partial charge < -0.3 is 19.6 Å². The molecule has 0 fully saturated rings. The van der Waals surface area contributed by atoms with Crippen molar-refractivity contribution in [3.63, 3.8) is 0 Å². The zero-order chi connectivity index (χ0) is 26.5. The van der Waals surface area contributed by atoms with Crippen LogP contribution in [0.5, 0.6) is 5.75 Å². The lowest BCUT2D eigenvalue weighted by molar-refractivity contribution is -0.139. The van der Waals surface area contributed by atoms with Crippen molar-refractivity contribution >= 4 is 29.1 Å². The highest BCUT2D eigenvalue weighted by molar-refractivity contribution is 6.30. The number of carbonyl (C=O) groups excluding carboxylic acids is 1. The SMILES string of the molecule is O=C(N[C@@H](Cc1ccc(OCc2ccccc2)cc1)C(=O)O)c1ccc2nc(-c3ccc(Cl)cc3)cn2c1. The number of aromatic nitrogens is 2. The summed E-state index contributed by atoms with van der Waals surface area (Å²) in [5.41, 5.74) is 4.44. The molecule has 0 radical (unpaired) electrons. The molecule has 2 N–H and O–H groups in total. The van der Waals surface area contributed by atoms with Crippen molar-refractivity contribution in [2.24, 2.45) is 0 Å². The first-order valence-electron chi connectivity index (χ1n) is 12.0. The van der Waals surface area contributed by atoms with Gasteiger partial charge in [-0.15, -0.1) is 0 Å². The minimum Gasteiger partial charge on any atom is -0.489 e. The van der Waals surface area contributed by atoms with Gasteiger partial charge in [-0.05, 0) is 47.5 Å². The van der Waals surface area contributed by atoms with Crippen molar-refractivity contribution in [2.75, 3.05) is 0 Å². The van der Waals surface area contributed by atoms with Crippen LogP contribution in [0.2, 0.25) is 5.02 Å². The topological polar surface area (TPSA) is 92.9 Å². The van der Waals surface area contributed by atoms with Gasteiger partial charge in [-0.3, -0.25) is 4.79 Å². The number of nitrogens with zero attached hydrogens (tertiary/aromatic N) is 2. The summed E-state index contributed by atoms with van der Waals surface area (Å²) in [6.45, 7) is 0.441. The maximum atomic E-state index is 12.9. The Bertz CT molecular complexity index is 1570. The quantitative estimate of drug-likeness (QED) is 0.259. The molecule has 0 spiro atoms. The van der Waals surface area contributed by atoms with Crippen molar-refractivity contribution in [3.05, 3.63) is 125 Å². The van der Waals surface area contributed by atoms with Crippen LogP contribution in [0.25, 0.3) is 16.9 Å². The van der Waals surface area contributed by atoms with Gasteiger partial charge in [0.05, 0.1) is 11.3 Å². The Labute approximate surface area is 224 Å². The van der Waals surface area contributed by atoms with Crippen LogP contribution in [0.3, 0.4) is 0 Å². The number of carboxylic acids is 1. The van der Waals surface area contributed by atoms with Gasteiger partial charge in [0.2, 0.25) is 0 Å². The Morgan fingerprint density at radius 2 is 1.63 bits per heavy atom. The second-order valence-corrected chi connectivity index (χ2v) is 9.24. The molecule has 0 saturated carbocycles. The third-order valence-corrected chi connectivity index (χ3v) is 6.32. The number of rotatable bonds is 9. The summed E-state index contributed by atoms with van der Waals surface area (Å²) >= 11 is 5.97. The molecular weight excluding hydrogens is 502 g/mol. The monoisotopic (exact) mass is 525 g/mol. The molecule has 0 bridgehead atoms. The minimum atomic E-state index is -1.11. The van der Waals surface area contributed by atoms with Crippen LogP contribution < -0.4 is 10.1 Å². The molecule has 38 heavy (non-hydrogen) atoms. The average molecular weight is 526 g/mol. The van der Waals surface area contributed by atoms with Crippen LogP contribution in [0, 0.1) is 0 Å². The molecule has 5 rings (SSSR count). The third kappa shape index (κ3) is 6.02. The van der Waals surface area contributed by atoms with E-state index in [1.54, 1.807) is 59.1 Å². The summed E-state index contributed by atoms with van der Waals surface area (Å²) in [6.07, 6.45) is 3.58. The lowest BCUT2D eigenvalue weighted by Crippen LogP contribution is -2.42. The van der Waals surface area contributed by atoms with Crippen molar-refractivity contribution in [1.82, 2.24) is 14.7 Å². The maximum Gasteiger partial charge on any atom is 0.326 e. The van der Waals surface area contributed by atoms with E-state index in [1.165, 1.54) is 0 Å². The molecular formula is C30H24ClN3O4. The molecule has 2 aromatic heterocycles. The van der Waals surface area contributed by atoms with Crippen molar-refractivity contribution in [2.45, 2.75) is 19.1 Å². The Balaban J connectivity index is 1.24. The van der Waals surface area contributed by atoms with Gasteiger partial charge >= 0.3 is 5.97 Å². The van der Waals surface area contributed by atoms with E-state index in [-0.39, 0.29) is 6.42 Å². The van der Waals surface area contributed by atoms with Gasteiger partial charge in [-0.1, -0.05) is 66.2 Å². The molecule has 8 heteroatoms. The molecule has 1 atom stereocenters. The minimum absolute atomic E-state index is 0.133. The van der Waals surface area contributed by atoms with Gasteiger partial charge in [-0.2, -0.15) is 0 Å². The van der Waals surface area contributed by atoms with E-state index in [1.807, 2.05) is 48.7 Å². The van der Waals surface area contributed by atoms with Gasteiger partial charge in [0.25, 0.3) is 5.91 Å². The number of benzene rings is 3. The smallest absolute Gasteiger partial charge is 0.326 e. The summed E-state index contributed by atoms with van der Waals surface area (Å²) in [5, 5.41) is 13.0. The molecule has 0 saturated heterocycles. The first-order valence-corrected chi connectivity index (χ1v) is 12.4. The normalized spacial score (nSPS) is 11.7. The van der Waals surface area contributed by atoms with Crippen LogP contribution in [0.1, 0.15) is 21.5 Å². The van der Waals surface area contributed by atoms with E-state index < -0.39 is 17.9 Å². The van der Waals surface area contributed by atoms with E-state index in [2.05, 4.69) is 10.3 Å². The number of aliphatic carboxylic acids is 1. The van der Waals surface area contributed by atoms with Crippen LogP contribution in [0.15, 0.2) is 103 Å². The molecule has 0 aliphatic carbocycles. The van der Waals surface area contributed by atoms with Gasteiger partial charge in [0, 0.05) is 29.4 Å². The van der Waals surface area contributed by atoms with E-state index >= 15 is 0 Å². The lowest BCUT2D eigenvalue weighted by Gasteiger charge is -2.15. The average Bonchev–Trinajstić information content (AvgIpc) is 3.36. The maximum absolute atomic E-state index is 12.9. The van der Waals surface area contributed by atoms with Gasteiger partial charge in [0.1, 0.15) is 24.0 Å². The van der Waals surface area contributed by atoms with E-state index in [9.17, 15) is 14.7 Å². The zero-order valence-electron chi connectivity index (χ0n) is 20.3. The molecule has 3 aromatic carbocycles. The Kier molecular flexibility index (Phi) is 7.38. The Hall–Kier alpha value is -4.62. The summed E-state index contributed by atoms with van der Waals surface area (Å²) in [5.74, 6) is -0.916. The standard InChI is InChI=1S/C30H24ClN3O4/c31-24-11-8-22(9-12-24)27-18-34-17-23(10-15-28(34)32-27)29(35)33-26(30(36)37)16-20-6-13-25(14-7-20)38-19-21-4-2-1-3-5-21/h1-15,17-18,26H,16,19H2,(H,33,35)(H,36,37)/t26-/m0/s1. The van der Waals surface area contributed by atoms with Crippen LogP contribution in [-0.4, -0.2) is 32.4 Å². The summed E-state index contributed by atoms with van der Waals surface area (Å²) in [6, 6.07) is 26.6. The highest BCUT2D eigenvalue weighted by Gasteiger charge is 2.22. The van der Waals surface area contributed by atoms with Crippen molar-refractivity contribution < 1.29 is 19.4 Å². The number of halogens is 1. The molecule has 0 unspecified atom stereocenters. The number of carbonyl (C=O) groups is 2. The largest absolute Gasteiger partial charge is 0.489 e. The number of fused-ring (bicyclic) bond motifs is 1. The second-order valence-electron chi connectivity index (χ2n) is 8.80. The molecule has 0 aliphatic heterocycles. The first-order chi connectivity index (χ1) is 18.4. The molecule has 1 amide bonds. The summed E-state index contributed by atoms with van der Waals surface area (Å²) < 4.78 is 7.53. The van der Waals surface area contributed by atoms with Crippen LogP contribution in [-0.2, 0) is 17.8 Å². The molecule has 190 valence electrons. The number of imidazole rings is 1. The Morgan fingerprint density at radius 3 is 2.34 bits per heavy atom. The highest BCUT2D eigenvalue weighted by Crippen LogP contribution is 2.22. The summed E-state index contributed by atoms with van der Waals surface area (Å²) in [4.78, 5) is 29.4. The number of amides is 1. The zero-order valence-corrected chi connectivity index (χ0v) is 21.0. The van der Waals surface area contributed by atoms with Crippen LogP contribution >= 0.6 is 11.6 Å². The third-order valence-electron chi connectivity index (χ3n) is 6.07. The fourth-order valence-electron chi connectivity index (χ4n) is 4.03. The molecule has 7 nitrogen and oxygen atoms in total. The fraction of sp³-hybridized carbons (Fsp3) is 0.100. The summed E-state index contributed by atoms with van der Waals surface area (Å²) in [7, 11) is 0. The molecule has 2 heterocycles. The number of pyridine rings is 1. The molecule has 0 aliphatic rings. The number of nitrogens with one attached hydrogen (secondary N) is 1. The predicted octanol–water partition coefficient (Wildman–Crippen LogP) is 5.66. The lowest BCUT2D eigenvalue weighted by atomic mass is 10.1. The van der Waals surface area contributed by atoms with Crippen LogP contribution in [0.4, 0.5) is 0 Å². The van der Waals surface area contributed by atoms with Gasteiger partial charge in [-0.25, -0.2) is 9.78 Å². The highest BCUT2D eigenvalue weighted by atomic mass is 35.5. The number of carboxylic acid groups (broad SMARTS) is 1. The van der Waals surface area contributed by atoms with Crippen molar-refractivity contribution in [1.29, 1.82) is 0 Å². The van der Waals surface area contributed by atoms with E-state index in [0.29, 0.717) is 28.6 Å². The fourth-order valence-corrected chi connectivity index (χ4v) is 4.15.